The van der Waals surface area contributed by atoms with Crippen molar-refractivity contribution in [3.05, 3.63) is 89.3 Å². The van der Waals surface area contributed by atoms with Crippen molar-refractivity contribution in [1.82, 2.24) is 4.57 Å². The molecule has 2 aliphatic rings. The summed E-state index contributed by atoms with van der Waals surface area (Å²) in [4.78, 5) is 25.1. The molecular formula is C30H25NO5. The number of esters is 1. The molecule has 0 amide bonds. The molecule has 6 nitrogen and oxygen atoms in total. The number of methoxy groups -OCH3 is 1. The number of benzene rings is 3. The molecule has 1 aliphatic heterocycles. The molecule has 2 atom stereocenters. The summed E-state index contributed by atoms with van der Waals surface area (Å²) >= 11 is 0. The van der Waals surface area contributed by atoms with Crippen LogP contribution in [-0.4, -0.2) is 29.7 Å². The van der Waals surface area contributed by atoms with Gasteiger partial charge in [-0.1, -0.05) is 49.4 Å². The molecule has 0 bridgehead atoms. The van der Waals surface area contributed by atoms with Gasteiger partial charge in [0.2, 0.25) is 5.78 Å². The molecule has 1 aliphatic carbocycles. The molecule has 3 aromatic carbocycles. The molecule has 2 unspecified atom stereocenters. The zero-order valence-electron chi connectivity index (χ0n) is 20.5. The number of ketones is 1. The average Bonchev–Trinajstić information content (AvgIpc) is 3.46. The first-order valence-corrected chi connectivity index (χ1v) is 11.9. The number of carbonyl (C=O) groups is 2. The minimum atomic E-state index is -0.808. The van der Waals surface area contributed by atoms with Gasteiger partial charge in [0, 0.05) is 52.0 Å². The molecular weight excluding hydrogens is 454 g/mol. The smallest absolute Gasteiger partial charge is 0.336 e. The van der Waals surface area contributed by atoms with Crippen molar-refractivity contribution < 1.29 is 23.8 Å². The van der Waals surface area contributed by atoms with Gasteiger partial charge in [0.1, 0.15) is 5.75 Å². The minimum absolute atomic E-state index is 0.0777. The van der Waals surface area contributed by atoms with E-state index < -0.39 is 12.3 Å². The Hall–Kier alpha value is -4.32. The van der Waals surface area contributed by atoms with Gasteiger partial charge in [-0.3, -0.25) is 4.79 Å². The number of carbonyl (C=O) groups excluding carboxylic acids is 2. The van der Waals surface area contributed by atoms with Crippen LogP contribution in [0.1, 0.15) is 35.8 Å². The Bertz CT molecular complexity index is 1660. The molecule has 0 N–H and O–H groups in total. The predicted octanol–water partition coefficient (Wildman–Crippen LogP) is 6.04. The molecule has 6 rings (SSSR count). The maximum atomic E-state index is 13.4. The molecule has 2 heterocycles. The summed E-state index contributed by atoms with van der Waals surface area (Å²) in [7, 11) is 3.61. The number of allylic oxidation sites excluding steroid dienone is 1. The molecule has 0 saturated heterocycles. The number of aromatic nitrogens is 1. The van der Waals surface area contributed by atoms with Gasteiger partial charge in [0.25, 0.3) is 6.29 Å². The van der Waals surface area contributed by atoms with Crippen LogP contribution in [0.5, 0.6) is 5.75 Å². The lowest BCUT2D eigenvalue weighted by molar-refractivity contribution is -0.152. The Morgan fingerprint density at radius 1 is 1.03 bits per heavy atom. The van der Waals surface area contributed by atoms with Crippen molar-refractivity contribution in [2.75, 3.05) is 7.11 Å². The number of nitrogens with zero attached hydrogens (tertiary/aromatic N) is 1. The van der Waals surface area contributed by atoms with Gasteiger partial charge >= 0.3 is 5.97 Å². The van der Waals surface area contributed by atoms with Crippen LogP contribution in [0.4, 0.5) is 0 Å². The Kier molecular flexibility index (Phi) is 5.00. The summed E-state index contributed by atoms with van der Waals surface area (Å²) in [5.41, 5.74) is 5.68. The number of fused-ring (bicyclic) bond motifs is 4. The fourth-order valence-corrected chi connectivity index (χ4v) is 5.40. The van der Waals surface area contributed by atoms with Crippen LogP contribution in [-0.2, 0) is 21.3 Å². The number of aryl methyl sites for hydroxylation is 1. The summed E-state index contributed by atoms with van der Waals surface area (Å²) in [6, 6.07) is 18.6. The number of hydrogen-bond acceptors (Lipinski definition) is 5. The van der Waals surface area contributed by atoms with Gasteiger partial charge in [-0.2, -0.15) is 0 Å². The summed E-state index contributed by atoms with van der Waals surface area (Å²) in [5, 5.41) is 3.19. The van der Waals surface area contributed by atoms with Gasteiger partial charge in [0.15, 0.2) is 0 Å². The predicted molar refractivity (Wildman–Crippen MR) is 138 cm³/mol. The highest BCUT2D eigenvalue weighted by molar-refractivity contribution is 6.17. The van der Waals surface area contributed by atoms with E-state index >= 15 is 0 Å². The molecule has 0 fully saturated rings. The fraction of sp³-hybridized carbons (Fsp3) is 0.200. The monoisotopic (exact) mass is 479 g/mol. The van der Waals surface area contributed by atoms with E-state index in [0.717, 1.165) is 44.1 Å². The molecule has 1 aromatic heterocycles. The quantitative estimate of drug-likeness (QED) is 0.203. The van der Waals surface area contributed by atoms with Gasteiger partial charge in [-0.15, -0.1) is 0 Å². The van der Waals surface area contributed by atoms with Crippen molar-refractivity contribution >= 4 is 33.4 Å². The van der Waals surface area contributed by atoms with E-state index in [1.165, 1.54) is 6.26 Å². The maximum Gasteiger partial charge on any atom is 0.336 e. The van der Waals surface area contributed by atoms with Crippen molar-refractivity contribution in [3.63, 3.8) is 0 Å². The highest BCUT2D eigenvalue weighted by Crippen LogP contribution is 2.45. The topological polar surface area (TPSA) is 66.8 Å². The molecule has 36 heavy (non-hydrogen) atoms. The SMILES string of the molecule is COc1c(-c2ccc3c(c2)c2c(n3C)C(=O)C(=COC3C=C(C)C(=O)O3)C2C)ccc2ccccc12. The van der Waals surface area contributed by atoms with E-state index in [1.54, 1.807) is 20.1 Å². The van der Waals surface area contributed by atoms with E-state index in [0.29, 0.717) is 16.8 Å². The Balaban J connectivity index is 1.44. The van der Waals surface area contributed by atoms with Crippen LogP contribution in [0.2, 0.25) is 0 Å². The van der Waals surface area contributed by atoms with Crippen LogP contribution in [0.3, 0.4) is 0 Å². The molecule has 6 heteroatoms. The Morgan fingerprint density at radius 2 is 1.83 bits per heavy atom. The van der Waals surface area contributed by atoms with Crippen molar-refractivity contribution in [3.8, 4) is 16.9 Å². The van der Waals surface area contributed by atoms with Crippen LogP contribution in [0.25, 0.3) is 32.8 Å². The third-order valence-electron chi connectivity index (χ3n) is 7.27. The number of cyclic esters (lactones) is 1. The van der Waals surface area contributed by atoms with Gasteiger partial charge in [0.05, 0.1) is 19.1 Å². The Morgan fingerprint density at radius 3 is 2.58 bits per heavy atom. The van der Waals surface area contributed by atoms with E-state index in [9.17, 15) is 9.59 Å². The number of rotatable bonds is 4. The summed E-state index contributed by atoms with van der Waals surface area (Å²) in [5.74, 6) is 0.168. The lowest BCUT2D eigenvalue weighted by Crippen LogP contribution is -2.11. The van der Waals surface area contributed by atoms with Crippen molar-refractivity contribution in [1.29, 1.82) is 0 Å². The second-order valence-corrected chi connectivity index (χ2v) is 9.30. The fourth-order valence-electron chi connectivity index (χ4n) is 5.40. The van der Waals surface area contributed by atoms with Gasteiger partial charge < -0.3 is 18.8 Å². The number of hydrogen-bond donors (Lipinski definition) is 0. The zero-order valence-corrected chi connectivity index (χ0v) is 20.5. The third-order valence-corrected chi connectivity index (χ3v) is 7.27. The standard InChI is InChI=1S/C30H25NO5/c1-16-13-25(36-30(16)33)35-15-23-17(2)26-22-14-19(10-12-24(22)31(3)27(26)28(23)32)21-11-9-18-7-5-6-8-20(18)29(21)34-4/h5-15,17,25H,1-4H3. The van der Waals surface area contributed by atoms with E-state index in [2.05, 4.69) is 42.5 Å². The largest absolute Gasteiger partial charge is 0.495 e. The lowest BCUT2D eigenvalue weighted by atomic mass is 9.95. The maximum absolute atomic E-state index is 13.4. The van der Waals surface area contributed by atoms with Gasteiger partial charge in [-0.25, -0.2) is 4.79 Å². The van der Waals surface area contributed by atoms with Crippen molar-refractivity contribution in [2.45, 2.75) is 26.1 Å². The minimum Gasteiger partial charge on any atom is -0.495 e. The summed E-state index contributed by atoms with van der Waals surface area (Å²) in [6.07, 6.45) is 2.24. The van der Waals surface area contributed by atoms with Crippen molar-refractivity contribution in [2.24, 2.45) is 7.05 Å². The van der Waals surface area contributed by atoms with Crippen LogP contribution in [0.15, 0.2) is 78.1 Å². The first-order chi connectivity index (χ1) is 17.4. The summed E-state index contributed by atoms with van der Waals surface area (Å²) < 4.78 is 18.6. The zero-order chi connectivity index (χ0) is 25.1. The lowest BCUT2D eigenvalue weighted by Gasteiger charge is -2.14. The normalized spacial score (nSPS) is 20.2. The number of ether oxygens (including phenoxy) is 3. The highest BCUT2D eigenvalue weighted by Gasteiger charge is 2.38. The number of Topliss-reactive ketones (excluding diaryl/α,β-unsaturated/α-hetero) is 1. The van der Waals surface area contributed by atoms with Crippen LogP contribution < -0.4 is 4.74 Å². The first kappa shape index (κ1) is 22.2. The van der Waals surface area contributed by atoms with Crippen LogP contribution in [0, 0.1) is 0 Å². The highest BCUT2D eigenvalue weighted by atomic mass is 16.7. The molecule has 0 saturated carbocycles. The molecule has 0 spiro atoms. The van der Waals surface area contributed by atoms with Gasteiger partial charge in [-0.05, 0) is 35.6 Å². The molecule has 4 aromatic rings. The third kappa shape index (κ3) is 3.18. The van der Waals surface area contributed by atoms with E-state index in [4.69, 9.17) is 14.2 Å². The van der Waals surface area contributed by atoms with E-state index in [-0.39, 0.29) is 11.7 Å². The second kappa shape index (κ2) is 8.12. The van der Waals surface area contributed by atoms with E-state index in [1.807, 2.05) is 30.7 Å². The first-order valence-electron chi connectivity index (χ1n) is 11.9. The second-order valence-electron chi connectivity index (χ2n) is 9.30. The Labute approximate surface area is 208 Å². The van der Waals surface area contributed by atoms with Crippen LogP contribution >= 0.6 is 0 Å². The summed E-state index contributed by atoms with van der Waals surface area (Å²) in [6.45, 7) is 3.68. The molecule has 0 radical (unpaired) electrons. The average molecular weight is 480 g/mol. The molecule has 180 valence electrons.